The molecule has 6 atom stereocenters. The monoisotopic (exact) mass is 569 g/mol. The van der Waals surface area contributed by atoms with Crippen molar-refractivity contribution in [2.75, 3.05) is 26.2 Å². The van der Waals surface area contributed by atoms with E-state index in [1.165, 1.54) is 5.56 Å². The van der Waals surface area contributed by atoms with Gasteiger partial charge in [0.1, 0.15) is 0 Å². The summed E-state index contributed by atoms with van der Waals surface area (Å²) in [7, 11) is 0. The first kappa shape index (κ1) is 30.6. The average molecular weight is 570 g/mol. The second-order valence-electron chi connectivity index (χ2n) is 11.3. The number of carboxylic acids is 2. The standard InChI is InChI=1S/C27H33NO3.C4H6O6/c29-26(27(30,22-13-7-8-14-22)21-11-5-2-6-12-21)31-19-25-23-17-28(18-24(23)25)16-15-20-9-3-1-4-10-20;5-1(3(7)8)2(6)4(9)10/h1-6,9-12,22-25,30H,7-8,13-19H2;1-2,5-6H,(H,7,8)(H,9,10)/t23-,24+,25?,27?;1-,2-/m.1/s1. The minimum Gasteiger partial charge on any atom is -0.479 e. The van der Waals surface area contributed by atoms with Gasteiger partial charge in [-0.25, -0.2) is 14.4 Å². The van der Waals surface area contributed by atoms with Crippen LogP contribution in [0.15, 0.2) is 60.7 Å². The number of piperidine rings is 1. The molecule has 0 aromatic heterocycles. The Morgan fingerprint density at radius 3 is 1.88 bits per heavy atom. The van der Waals surface area contributed by atoms with Gasteiger partial charge in [0, 0.05) is 31.5 Å². The van der Waals surface area contributed by atoms with Crippen LogP contribution in [0.25, 0.3) is 0 Å². The zero-order valence-corrected chi connectivity index (χ0v) is 22.9. The van der Waals surface area contributed by atoms with E-state index in [1.807, 2.05) is 30.3 Å². The summed E-state index contributed by atoms with van der Waals surface area (Å²) in [6, 6.07) is 20.0. The molecule has 2 aliphatic carbocycles. The normalized spacial score (nSPS) is 24.7. The highest BCUT2D eigenvalue weighted by atomic mass is 16.6. The van der Waals surface area contributed by atoms with Gasteiger partial charge in [-0.15, -0.1) is 0 Å². The molecule has 0 radical (unpaired) electrons. The number of carbonyl (C=O) groups is 3. The van der Waals surface area contributed by atoms with E-state index in [-0.39, 0.29) is 5.92 Å². The van der Waals surface area contributed by atoms with Gasteiger partial charge >= 0.3 is 17.9 Å². The number of nitrogens with zero attached hydrogens (tertiary/aromatic N) is 1. The first-order valence-electron chi connectivity index (χ1n) is 14.2. The summed E-state index contributed by atoms with van der Waals surface area (Å²) in [6.45, 7) is 3.75. The first-order chi connectivity index (χ1) is 19.6. The maximum absolute atomic E-state index is 13.1. The van der Waals surface area contributed by atoms with E-state index in [2.05, 4.69) is 35.2 Å². The molecule has 222 valence electrons. The number of hydrogen-bond donors (Lipinski definition) is 5. The van der Waals surface area contributed by atoms with E-state index in [4.69, 9.17) is 25.2 Å². The van der Waals surface area contributed by atoms with Crippen molar-refractivity contribution in [1.82, 2.24) is 4.90 Å². The number of benzene rings is 2. The Morgan fingerprint density at radius 2 is 1.37 bits per heavy atom. The zero-order valence-electron chi connectivity index (χ0n) is 22.9. The summed E-state index contributed by atoms with van der Waals surface area (Å²) in [6.07, 6.45) is 0.454. The lowest BCUT2D eigenvalue weighted by molar-refractivity contribution is -0.174. The Hall–Kier alpha value is -3.31. The lowest BCUT2D eigenvalue weighted by atomic mass is 9.80. The van der Waals surface area contributed by atoms with E-state index in [1.54, 1.807) is 0 Å². The van der Waals surface area contributed by atoms with E-state index in [0.29, 0.717) is 29.9 Å². The first-order valence-corrected chi connectivity index (χ1v) is 14.2. The Morgan fingerprint density at radius 1 is 0.854 bits per heavy atom. The number of esters is 1. The number of aliphatic hydroxyl groups excluding tert-OH is 2. The Labute approximate surface area is 239 Å². The van der Waals surface area contributed by atoms with E-state index in [0.717, 1.165) is 51.7 Å². The largest absolute Gasteiger partial charge is 0.479 e. The number of aliphatic carboxylic acids is 2. The molecule has 1 heterocycles. The van der Waals surface area contributed by atoms with Gasteiger partial charge in [0.2, 0.25) is 0 Å². The molecule has 0 spiro atoms. The SMILES string of the molecule is O=C(O)[C@H](O)[C@@H](O)C(=O)O.O=C(OCC1[C@H]2CN(CCc3ccccc3)C[C@@H]12)C(O)(c1ccccc1)C1CCCC1. The lowest BCUT2D eigenvalue weighted by Gasteiger charge is -2.32. The molecule has 1 saturated heterocycles. The van der Waals surface area contributed by atoms with E-state index < -0.39 is 35.7 Å². The number of rotatable bonds is 11. The van der Waals surface area contributed by atoms with Gasteiger partial charge in [0.05, 0.1) is 6.61 Å². The second kappa shape index (κ2) is 13.6. The number of likely N-dealkylation sites (tertiary alicyclic amines) is 1. The van der Waals surface area contributed by atoms with Crippen LogP contribution in [0.1, 0.15) is 36.8 Å². The molecule has 2 aromatic rings. The van der Waals surface area contributed by atoms with Crippen molar-refractivity contribution in [3.63, 3.8) is 0 Å². The average Bonchev–Trinajstić information content (AvgIpc) is 3.36. The lowest BCUT2D eigenvalue weighted by Crippen LogP contribution is -2.43. The molecule has 0 amide bonds. The van der Waals surface area contributed by atoms with Crippen LogP contribution < -0.4 is 0 Å². The molecule has 3 aliphatic rings. The summed E-state index contributed by atoms with van der Waals surface area (Å²) >= 11 is 0. The van der Waals surface area contributed by atoms with Gasteiger partial charge in [0.15, 0.2) is 17.8 Å². The fourth-order valence-corrected chi connectivity index (χ4v) is 6.21. The molecule has 10 heteroatoms. The molecule has 10 nitrogen and oxygen atoms in total. The summed E-state index contributed by atoms with van der Waals surface area (Å²) in [5, 5.41) is 44.1. The van der Waals surface area contributed by atoms with Gasteiger partial charge in [0.25, 0.3) is 0 Å². The van der Waals surface area contributed by atoms with Crippen LogP contribution in [-0.4, -0.2) is 86.8 Å². The van der Waals surface area contributed by atoms with Crippen LogP contribution in [0.3, 0.4) is 0 Å². The molecule has 2 saturated carbocycles. The fourth-order valence-electron chi connectivity index (χ4n) is 6.21. The smallest absolute Gasteiger partial charge is 0.343 e. The molecule has 5 rings (SSSR count). The third kappa shape index (κ3) is 7.32. The summed E-state index contributed by atoms with van der Waals surface area (Å²) < 4.78 is 5.79. The quantitative estimate of drug-likeness (QED) is 0.252. The van der Waals surface area contributed by atoms with Crippen molar-refractivity contribution in [3.05, 3.63) is 71.8 Å². The minimum absolute atomic E-state index is 0.0467. The van der Waals surface area contributed by atoms with Crippen molar-refractivity contribution in [3.8, 4) is 0 Å². The fraction of sp³-hybridized carbons (Fsp3) is 0.516. The molecule has 3 fully saturated rings. The number of aliphatic hydroxyl groups is 3. The minimum atomic E-state index is -2.27. The molecular formula is C31H39NO9. The number of carbonyl (C=O) groups excluding carboxylic acids is 1. The summed E-state index contributed by atoms with van der Waals surface area (Å²) in [5.41, 5.74) is 0.555. The van der Waals surface area contributed by atoms with Crippen LogP contribution in [-0.2, 0) is 31.1 Å². The van der Waals surface area contributed by atoms with Gasteiger partial charge in [-0.1, -0.05) is 73.5 Å². The van der Waals surface area contributed by atoms with E-state index >= 15 is 0 Å². The van der Waals surface area contributed by atoms with Crippen LogP contribution in [0, 0.1) is 23.7 Å². The zero-order chi connectivity index (χ0) is 29.6. The number of ether oxygens (including phenoxy) is 1. The van der Waals surface area contributed by atoms with Crippen molar-refractivity contribution in [2.45, 2.75) is 49.9 Å². The maximum Gasteiger partial charge on any atom is 0.343 e. The molecule has 0 bridgehead atoms. The molecule has 2 unspecified atom stereocenters. The van der Waals surface area contributed by atoms with Gasteiger partial charge < -0.3 is 35.2 Å². The van der Waals surface area contributed by atoms with Crippen molar-refractivity contribution >= 4 is 17.9 Å². The third-order valence-corrected chi connectivity index (χ3v) is 8.69. The highest BCUT2D eigenvalue weighted by Crippen LogP contribution is 2.52. The van der Waals surface area contributed by atoms with Gasteiger partial charge in [-0.2, -0.15) is 0 Å². The number of hydrogen-bond acceptors (Lipinski definition) is 8. The van der Waals surface area contributed by atoms with Crippen LogP contribution in [0.4, 0.5) is 0 Å². The second-order valence-corrected chi connectivity index (χ2v) is 11.3. The summed E-state index contributed by atoms with van der Waals surface area (Å²) in [5.74, 6) is -2.30. The number of fused-ring (bicyclic) bond motifs is 1. The molecule has 1 aliphatic heterocycles. The Bertz CT molecular complexity index is 1140. The summed E-state index contributed by atoms with van der Waals surface area (Å²) in [4.78, 5) is 35.2. The highest BCUT2D eigenvalue weighted by molar-refractivity contribution is 5.83. The molecule has 2 aromatic carbocycles. The van der Waals surface area contributed by atoms with Crippen LogP contribution in [0.5, 0.6) is 0 Å². The third-order valence-electron chi connectivity index (χ3n) is 8.69. The van der Waals surface area contributed by atoms with Gasteiger partial charge in [-0.3, -0.25) is 0 Å². The highest BCUT2D eigenvalue weighted by Gasteiger charge is 2.56. The van der Waals surface area contributed by atoms with Crippen molar-refractivity contribution in [1.29, 1.82) is 0 Å². The predicted molar refractivity (Wildman–Crippen MR) is 148 cm³/mol. The predicted octanol–water partition coefficient (Wildman–Crippen LogP) is 1.91. The Kier molecular flexibility index (Phi) is 10.1. The van der Waals surface area contributed by atoms with Crippen LogP contribution in [0.2, 0.25) is 0 Å². The van der Waals surface area contributed by atoms with E-state index in [9.17, 15) is 19.5 Å². The van der Waals surface area contributed by atoms with Gasteiger partial charge in [-0.05, 0) is 42.2 Å². The maximum atomic E-state index is 13.1. The topological polar surface area (TPSA) is 165 Å². The molecule has 41 heavy (non-hydrogen) atoms. The van der Waals surface area contributed by atoms with Crippen molar-refractivity contribution < 1.29 is 44.7 Å². The molecule has 5 N–H and O–H groups in total. The molecular weight excluding hydrogens is 530 g/mol. The van der Waals surface area contributed by atoms with Crippen molar-refractivity contribution in [2.24, 2.45) is 23.7 Å². The number of carboxylic acid groups (broad SMARTS) is 2. The Balaban J connectivity index is 0.000000334. The van der Waals surface area contributed by atoms with Crippen LogP contribution >= 0.6 is 0 Å².